The number of morpholine rings is 1. The van der Waals surface area contributed by atoms with Crippen molar-refractivity contribution in [2.24, 2.45) is 0 Å². The molecular weight excluding hydrogens is 280 g/mol. The molecule has 2 atom stereocenters. The van der Waals surface area contributed by atoms with Gasteiger partial charge in [0.1, 0.15) is 10.6 Å². The maximum atomic E-state index is 12.6. The maximum absolute atomic E-state index is 12.6. The van der Waals surface area contributed by atoms with Gasteiger partial charge in [0, 0.05) is 19.2 Å². The third-order valence-corrected chi connectivity index (χ3v) is 5.13. The third-order valence-electron chi connectivity index (χ3n) is 3.22. The topological polar surface area (TPSA) is 81.9 Å². The van der Waals surface area contributed by atoms with E-state index < -0.39 is 10.0 Å². The molecule has 2 N–H and O–H groups in total. The fourth-order valence-corrected chi connectivity index (χ4v) is 4.04. The van der Waals surface area contributed by atoms with Crippen LogP contribution in [0.25, 0.3) is 0 Å². The smallest absolute Gasteiger partial charge is 0.245 e. The van der Waals surface area contributed by atoms with Gasteiger partial charge in [-0.1, -0.05) is 0 Å². The number of nitrogens with zero attached hydrogens (tertiary/aromatic N) is 1. The van der Waals surface area contributed by atoms with Gasteiger partial charge in [0.05, 0.1) is 25.0 Å². The largest absolute Gasteiger partial charge is 0.497 e. The molecule has 1 fully saturated rings. The molecule has 1 aliphatic rings. The van der Waals surface area contributed by atoms with Gasteiger partial charge in [-0.2, -0.15) is 4.31 Å². The fourth-order valence-electron chi connectivity index (χ4n) is 2.35. The third kappa shape index (κ3) is 2.89. The summed E-state index contributed by atoms with van der Waals surface area (Å²) in [5.74, 6) is 0.533. The van der Waals surface area contributed by atoms with E-state index in [2.05, 4.69) is 0 Å². The van der Waals surface area contributed by atoms with Gasteiger partial charge in [-0.3, -0.25) is 0 Å². The van der Waals surface area contributed by atoms with E-state index in [-0.39, 0.29) is 22.8 Å². The lowest BCUT2D eigenvalue weighted by molar-refractivity contribution is -0.0440. The van der Waals surface area contributed by atoms with Crippen LogP contribution in [0.4, 0.5) is 5.69 Å². The second-order valence-electron chi connectivity index (χ2n) is 4.98. The molecule has 112 valence electrons. The van der Waals surface area contributed by atoms with Crippen LogP contribution in [0, 0.1) is 0 Å². The van der Waals surface area contributed by atoms with Gasteiger partial charge >= 0.3 is 0 Å². The van der Waals surface area contributed by atoms with Crippen molar-refractivity contribution in [3.8, 4) is 5.75 Å². The van der Waals surface area contributed by atoms with Gasteiger partial charge in [0.25, 0.3) is 0 Å². The molecule has 20 heavy (non-hydrogen) atoms. The predicted molar refractivity (Wildman–Crippen MR) is 76.2 cm³/mol. The Bertz CT molecular complexity index is 578. The van der Waals surface area contributed by atoms with Crippen LogP contribution >= 0.6 is 0 Å². The lowest BCUT2D eigenvalue weighted by atomic mass is 10.3. The zero-order valence-electron chi connectivity index (χ0n) is 11.9. The number of benzene rings is 1. The van der Waals surface area contributed by atoms with Crippen molar-refractivity contribution in [1.29, 1.82) is 0 Å². The van der Waals surface area contributed by atoms with Gasteiger partial charge in [-0.25, -0.2) is 8.42 Å². The summed E-state index contributed by atoms with van der Waals surface area (Å²) in [5.41, 5.74) is 6.03. The summed E-state index contributed by atoms with van der Waals surface area (Å²) in [4.78, 5) is 0.111. The van der Waals surface area contributed by atoms with E-state index in [1.807, 2.05) is 13.8 Å². The molecule has 1 aliphatic heterocycles. The molecule has 0 bridgehead atoms. The molecule has 0 saturated carbocycles. The van der Waals surface area contributed by atoms with E-state index in [9.17, 15) is 8.42 Å². The van der Waals surface area contributed by atoms with Crippen molar-refractivity contribution in [3.63, 3.8) is 0 Å². The molecule has 1 aromatic rings. The quantitative estimate of drug-likeness (QED) is 0.845. The maximum Gasteiger partial charge on any atom is 0.245 e. The van der Waals surface area contributed by atoms with Crippen LogP contribution < -0.4 is 10.5 Å². The zero-order chi connectivity index (χ0) is 14.9. The van der Waals surface area contributed by atoms with E-state index in [0.29, 0.717) is 18.8 Å². The molecule has 0 amide bonds. The summed E-state index contributed by atoms with van der Waals surface area (Å²) < 4.78 is 37.3. The minimum Gasteiger partial charge on any atom is -0.497 e. The standard InChI is InChI=1S/C13H20N2O4S/c1-9-7-15(8-10(2)19-9)20(16,17)13-5-4-11(18-3)6-12(13)14/h4-6,9-10H,7-8,14H2,1-3H3. The molecule has 0 aliphatic carbocycles. The number of nitrogen functional groups attached to an aromatic ring is 1. The van der Waals surface area contributed by atoms with Crippen LogP contribution in [0.3, 0.4) is 0 Å². The minimum atomic E-state index is -3.61. The van der Waals surface area contributed by atoms with Gasteiger partial charge < -0.3 is 15.2 Å². The van der Waals surface area contributed by atoms with E-state index in [1.165, 1.54) is 23.5 Å². The number of nitrogens with two attached hydrogens (primary N) is 1. The first-order valence-corrected chi connectivity index (χ1v) is 7.87. The summed E-state index contributed by atoms with van der Waals surface area (Å²) in [6.45, 7) is 4.38. The van der Waals surface area contributed by atoms with Crippen LogP contribution in [0.1, 0.15) is 13.8 Å². The molecule has 0 radical (unpaired) electrons. The van der Waals surface area contributed by atoms with Crippen LogP contribution in [0.2, 0.25) is 0 Å². The Balaban J connectivity index is 2.35. The van der Waals surface area contributed by atoms with Crippen molar-refractivity contribution in [2.45, 2.75) is 31.0 Å². The highest BCUT2D eigenvalue weighted by atomic mass is 32.2. The van der Waals surface area contributed by atoms with Gasteiger partial charge in [0.2, 0.25) is 10.0 Å². The summed E-state index contributed by atoms with van der Waals surface area (Å²) in [6, 6.07) is 4.59. The molecule has 6 nitrogen and oxygen atoms in total. The van der Waals surface area contributed by atoms with Crippen LogP contribution in [-0.4, -0.2) is 45.1 Å². The Hall–Kier alpha value is -1.31. The molecule has 2 unspecified atom stereocenters. The summed E-state index contributed by atoms with van der Waals surface area (Å²) >= 11 is 0. The van der Waals surface area contributed by atoms with Crippen LogP contribution in [-0.2, 0) is 14.8 Å². The molecule has 0 spiro atoms. The van der Waals surface area contributed by atoms with Gasteiger partial charge in [0.15, 0.2) is 0 Å². The molecule has 0 aromatic heterocycles. The highest BCUT2D eigenvalue weighted by Gasteiger charge is 2.33. The van der Waals surface area contributed by atoms with E-state index in [0.717, 1.165) is 0 Å². The zero-order valence-corrected chi connectivity index (χ0v) is 12.7. The highest BCUT2D eigenvalue weighted by Crippen LogP contribution is 2.28. The number of methoxy groups -OCH3 is 1. The number of hydrogen-bond acceptors (Lipinski definition) is 5. The SMILES string of the molecule is COc1ccc(S(=O)(=O)N2CC(C)OC(C)C2)c(N)c1. The Labute approximate surface area is 119 Å². The molecule has 1 heterocycles. The minimum absolute atomic E-state index is 0.111. The van der Waals surface area contributed by atoms with E-state index >= 15 is 0 Å². The number of sulfonamides is 1. The Morgan fingerprint density at radius 2 is 1.90 bits per heavy atom. The number of rotatable bonds is 3. The Morgan fingerprint density at radius 3 is 2.40 bits per heavy atom. The van der Waals surface area contributed by atoms with Crippen molar-refractivity contribution in [2.75, 3.05) is 25.9 Å². The first-order chi connectivity index (χ1) is 9.34. The summed E-state index contributed by atoms with van der Waals surface area (Å²) in [7, 11) is -2.10. The van der Waals surface area contributed by atoms with E-state index in [1.54, 1.807) is 6.07 Å². The monoisotopic (exact) mass is 300 g/mol. The first-order valence-electron chi connectivity index (χ1n) is 6.43. The highest BCUT2D eigenvalue weighted by molar-refractivity contribution is 7.89. The number of anilines is 1. The average molecular weight is 300 g/mol. The van der Waals surface area contributed by atoms with Gasteiger partial charge in [-0.05, 0) is 26.0 Å². The predicted octanol–water partition coefficient (Wildman–Crippen LogP) is 1.08. The fraction of sp³-hybridized carbons (Fsp3) is 0.538. The summed E-state index contributed by atoms with van der Waals surface area (Å²) in [6.07, 6.45) is -0.263. The second kappa shape index (κ2) is 5.59. The molecule has 1 aromatic carbocycles. The first kappa shape index (κ1) is 15.1. The number of hydrogen-bond donors (Lipinski definition) is 1. The molecule has 2 rings (SSSR count). The molecule has 7 heteroatoms. The molecule has 1 saturated heterocycles. The van der Waals surface area contributed by atoms with Crippen molar-refractivity contribution < 1.29 is 17.9 Å². The van der Waals surface area contributed by atoms with Crippen LogP contribution in [0.5, 0.6) is 5.75 Å². The lowest BCUT2D eigenvalue weighted by Crippen LogP contribution is -2.48. The Kier molecular flexibility index (Phi) is 4.22. The van der Waals surface area contributed by atoms with Crippen molar-refractivity contribution in [1.82, 2.24) is 4.31 Å². The lowest BCUT2D eigenvalue weighted by Gasteiger charge is -2.34. The molecular formula is C13H20N2O4S. The summed E-state index contributed by atoms with van der Waals surface area (Å²) in [5, 5.41) is 0. The van der Waals surface area contributed by atoms with Gasteiger partial charge in [-0.15, -0.1) is 0 Å². The average Bonchev–Trinajstić information content (AvgIpc) is 2.37. The normalized spacial score (nSPS) is 24.6. The second-order valence-corrected chi connectivity index (χ2v) is 6.89. The van der Waals surface area contributed by atoms with Crippen LogP contribution in [0.15, 0.2) is 23.1 Å². The van der Waals surface area contributed by atoms with Crippen molar-refractivity contribution >= 4 is 15.7 Å². The Morgan fingerprint density at radius 1 is 1.30 bits per heavy atom. The number of ether oxygens (including phenoxy) is 2. The van der Waals surface area contributed by atoms with E-state index in [4.69, 9.17) is 15.2 Å². The van der Waals surface area contributed by atoms with Crippen molar-refractivity contribution in [3.05, 3.63) is 18.2 Å².